The molecule has 21 heavy (non-hydrogen) atoms. The Morgan fingerprint density at radius 3 is 2.86 bits per heavy atom. The minimum absolute atomic E-state index is 0.00546. The molecule has 2 fully saturated rings. The number of ether oxygens (including phenoxy) is 1. The van der Waals surface area contributed by atoms with Crippen molar-refractivity contribution in [3.05, 3.63) is 35.4 Å². The number of benzene rings is 1. The number of carbonyl (C=O) groups is 2. The molecular weight excluding hydrogens is 270 g/mol. The summed E-state index contributed by atoms with van der Waals surface area (Å²) in [6, 6.07) is 6.82. The maximum absolute atomic E-state index is 12.1. The van der Waals surface area contributed by atoms with Gasteiger partial charge in [0.2, 0.25) is 5.91 Å². The summed E-state index contributed by atoms with van der Waals surface area (Å²) in [4.78, 5) is 23.0. The lowest BCUT2D eigenvalue weighted by Gasteiger charge is -2.17. The highest BCUT2D eigenvalue weighted by Crippen LogP contribution is 2.38. The highest BCUT2D eigenvalue weighted by molar-refractivity contribution is 5.87. The predicted octanol–water partition coefficient (Wildman–Crippen LogP) is 1.61. The molecule has 3 unspecified atom stereocenters. The number of hydrogen-bond donors (Lipinski definition) is 2. The fourth-order valence-corrected chi connectivity index (χ4v) is 3.23. The average molecular weight is 289 g/mol. The van der Waals surface area contributed by atoms with Crippen molar-refractivity contribution in [1.82, 2.24) is 5.32 Å². The summed E-state index contributed by atoms with van der Waals surface area (Å²) < 4.78 is 5.69. The Hall–Kier alpha value is -1.88. The highest BCUT2D eigenvalue weighted by Gasteiger charge is 2.44. The zero-order valence-corrected chi connectivity index (χ0v) is 11.7. The van der Waals surface area contributed by atoms with Crippen molar-refractivity contribution >= 4 is 11.9 Å². The summed E-state index contributed by atoms with van der Waals surface area (Å²) in [5.74, 6) is -0.870. The minimum atomic E-state index is -0.931. The molecular formula is C16H19NO4. The Morgan fingerprint density at radius 2 is 2.19 bits per heavy atom. The van der Waals surface area contributed by atoms with Crippen LogP contribution in [0.3, 0.4) is 0 Å². The van der Waals surface area contributed by atoms with E-state index in [1.807, 2.05) is 6.07 Å². The van der Waals surface area contributed by atoms with Gasteiger partial charge in [-0.2, -0.15) is 0 Å². The summed E-state index contributed by atoms with van der Waals surface area (Å²) in [5.41, 5.74) is 1.19. The molecule has 1 amide bonds. The summed E-state index contributed by atoms with van der Waals surface area (Å²) in [5, 5.41) is 11.9. The van der Waals surface area contributed by atoms with E-state index in [4.69, 9.17) is 9.84 Å². The Bertz CT molecular complexity index is 557. The normalized spacial score (nSPS) is 26.8. The quantitative estimate of drug-likeness (QED) is 0.863. The van der Waals surface area contributed by atoms with E-state index in [0.717, 1.165) is 24.8 Å². The standard InChI is InChI=1S/C16H19NO4/c18-15(13-9-12-4-5-14(13)21-12)17-7-6-10-2-1-3-11(8-10)16(19)20/h1-3,8,12-14H,4-7,9H2,(H,17,18)(H,19,20). The van der Waals surface area contributed by atoms with Gasteiger partial charge in [0.15, 0.2) is 0 Å². The van der Waals surface area contributed by atoms with Gasteiger partial charge in [0.25, 0.3) is 0 Å². The molecule has 2 aliphatic heterocycles. The number of aromatic carboxylic acids is 1. The van der Waals surface area contributed by atoms with E-state index in [0.29, 0.717) is 13.0 Å². The molecule has 0 spiro atoms. The third kappa shape index (κ3) is 3.08. The number of fused-ring (bicyclic) bond motifs is 2. The van der Waals surface area contributed by atoms with Crippen LogP contribution >= 0.6 is 0 Å². The number of rotatable bonds is 5. The van der Waals surface area contributed by atoms with Crippen LogP contribution in [0.2, 0.25) is 0 Å². The Morgan fingerprint density at radius 1 is 1.33 bits per heavy atom. The van der Waals surface area contributed by atoms with Gasteiger partial charge in [-0.25, -0.2) is 4.79 Å². The van der Waals surface area contributed by atoms with Crippen LogP contribution in [0, 0.1) is 5.92 Å². The molecule has 5 nitrogen and oxygen atoms in total. The molecule has 5 heteroatoms. The van der Waals surface area contributed by atoms with Gasteiger partial charge in [-0.1, -0.05) is 12.1 Å². The first-order chi connectivity index (χ1) is 10.1. The van der Waals surface area contributed by atoms with Crippen LogP contribution in [-0.4, -0.2) is 35.7 Å². The second-order valence-corrected chi connectivity index (χ2v) is 5.76. The molecule has 112 valence electrons. The van der Waals surface area contributed by atoms with Crippen molar-refractivity contribution in [3.63, 3.8) is 0 Å². The summed E-state index contributed by atoms with van der Waals surface area (Å²) >= 11 is 0. The van der Waals surface area contributed by atoms with Crippen molar-refractivity contribution in [1.29, 1.82) is 0 Å². The lowest BCUT2D eigenvalue weighted by atomic mass is 9.88. The third-order valence-corrected chi connectivity index (χ3v) is 4.33. The molecule has 0 aromatic heterocycles. The van der Waals surface area contributed by atoms with Gasteiger partial charge in [-0.15, -0.1) is 0 Å². The van der Waals surface area contributed by atoms with E-state index < -0.39 is 5.97 Å². The maximum Gasteiger partial charge on any atom is 0.335 e. The van der Waals surface area contributed by atoms with E-state index >= 15 is 0 Å². The predicted molar refractivity (Wildman–Crippen MR) is 76.1 cm³/mol. The van der Waals surface area contributed by atoms with Crippen LogP contribution < -0.4 is 5.32 Å². The molecule has 2 saturated heterocycles. The third-order valence-electron chi connectivity index (χ3n) is 4.33. The second kappa shape index (κ2) is 5.85. The first-order valence-corrected chi connectivity index (χ1v) is 7.39. The number of nitrogens with one attached hydrogen (secondary N) is 1. The van der Waals surface area contributed by atoms with Crippen LogP contribution in [0.5, 0.6) is 0 Å². The molecule has 1 aromatic carbocycles. The molecule has 2 N–H and O–H groups in total. The van der Waals surface area contributed by atoms with Crippen LogP contribution in [0.25, 0.3) is 0 Å². The smallest absolute Gasteiger partial charge is 0.335 e. The molecule has 3 atom stereocenters. The van der Waals surface area contributed by atoms with Crippen LogP contribution in [-0.2, 0) is 16.0 Å². The zero-order chi connectivity index (χ0) is 14.8. The van der Waals surface area contributed by atoms with Gasteiger partial charge < -0.3 is 15.2 Å². The van der Waals surface area contributed by atoms with Gasteiger partial charge in [0.1, 0.15) is 0 Å². The van der Waals surface area contributed by atoms with E-state index in [2.05, 4.69) is 5.32 Å². The molecule has 2 bridgehead atoms. The Balaban J connectivity index is 1.49. The molecule has 2 heterocycles. The van der Waals surface area contributed by atoms with Crippen molar-refractivity contribution in [2.24, 2.45) is 5.92 Å². The number of amides is 1. The van der Waals surface area contributed by atoms with Crippen molar-refractivity contribution in [3.8, 4) is 0 Å². The molecule has 3 rings (SSSR count). The van der Waals surface area contributed by atoms with Crippen LogP contribution in [0.15, 0.2) is 24.3 Å². The largest absolute Gasteiger partial charge is 0.478 e. The van der Waals surface area contributed by atoms with Gasteiger partial charge >= 0.3 is 5.97 Å². The molecule has 0 saturated carbocycles. The first-order valence-electron chi connectivity index (χ1n) is 7.39. The molecule has 0 aliphatic carbocycles. The fraction of sp³-hybridized carbons (Fsp3) is 0.500. The zero-order valence-electron chi connectivity index (χ0n) is 11.7. The number of carboxylic acid groups (broad SMARTS) is 1. The van der Waals surface area contributed by atoms with E-state index in [9.17, 15) is 9.59 Å². The van der Waals surface area contributed by atoms with Crippen molar-refractivity contribution < 1.29 is 19.4 Å². The van der Waals surface area contributed by atoms with E-state index in [-0.39, 0.29) is 29.6 Å². The van der Waals surface area contributed by atoms with Gasteiger partial charge in [0.05, 0.1) is 23.7 Å². The Kier molecular flexibility index (Phi) is 3.92. The molecule has 1 aromatic rings. The summed E-state index contributed by atoms with van der Waals surface area (Å²) in [7, 11) is 0. The maximum atomic E-state index is 12.1. The monoisotopic (exact) mass is 289 g/mol. The number of hydrogen-bond acceptors (Lipinski definition) is 3. The van der Waals surface area contributed by atoms with Gasteiger partial charge in [-0.05, 0) is 43.4 Å². The Labute approximate surface area is 123 Å². The lowest BCUT2D eigenvalue weighted by molar-refractivity contribution is -0.126. The molecule has 0 radical (unpaired) electrons. The van der Waals surface area contributed by atoms with Crippen molar-refractivity contribution in [2.75, 3.05) is 6.54 Å². The topological polar surface area (TPSA) is 75.6 Å². The number of carboxylic acids is 1. The first kappa shape index (κ1) is 14.1. The fourth-order valence-electron chi connectivity index (χ4n) is 3.23. The van der Waals surface area contributed by atoms with Gasteiger partial charge in [0, 0.05) is 6.54 Å². The number of carbonyl (C=O) groups excluding carboxylic acids is 1. The summed E-state index contributed by atoms with van der Waals surface area (Å²) in [6.45, 7) is 0.524. The van der Waals surface area contributed by atoms with Crippen LogP contribution in [0.1, 0.15) is 35.2 Å². The molecule has 2 aliphatic rings. The van der Waals surface area contributed by atoms with E-state index in [1.54, 1.807) is 18.2 Å². The van der Waals surface area contributed by atoms with Gasteiger partial charge in [-0.3, -0.25) is 4.79 Å². The lowest BCUT2D eigenvalue weighted by Crippen LogP contribution is -2.37. The highest BCUT2D eigenvalue weighted by atomic mass is 16.5. The van der Waals surface area contributed by atoms with Crippen molar-refractivity contribution in [2.45, 2.75) is 37.9 Å². The summed E-state index contributed by atoms with van der Waals surface area (Å²) in [6.07, 6.45) is 3.92. The van der Waals surface area contributed by atoms with Crippen LogP contribution in [0.4, 0.5) is 0 Å². The second-order valence-electron chi connectivity index (χ2n) is 5.76. The van der Waals surface area contributed by atoms with E-state index in [1.165, 1.54) is 0 Å². The SMILES string of the molecule is O=C(O)c1cccc(CCNC(=O)C2CC3CCC2O3)c1. The minimum Gasteiger partial charge on any atom is -0.478 e. The average Bonchev–Trinajstić information content (AvgIpc) is 3.10.